The summed E-state index contributed by atoms with van der Waals surface area (Å²) in [6.07, 6.45) is -0.197. The van der Waals surface area contributed by atoms with Gasteiger partial charge in [0.05, 0.1) is 6.54 Å². The van der Waals surface area contributed by atoms with Gasteiger partial charge in [-0.1, -0.05) is 18.2 Å². The molecule has 1 aliphatic heterocycles. The van der Waals surface area contributed by atoms with Crippen LogP contribution in [0.2, 0.25) is 0 Å². The summed E-state index contributed by atoms with van der Waals surface area (Å²) in [5.74, 6) is -2.07. The molecule has 0 radical (unpaired) electrons. The predicted molar refractivity (Wildman–Crippen MR) is 66.1 cm³/mol. The molecule has 20 heavy (non-hydrogen) atoms. The van der Waals surface area contributed by atoms with Gasteiger partial charge in [0.25, 0.3) is 5.91 Å². The van der Waals surface area contributed by atoms with Crippen molar-refractivity contribution in [2.75, 3.05) is 0 Å². The van der Waals surface area contributed by atoms with Gasteiger partial charge in [0, 0.05) is 12.0 Å². The second-order valence-electron chi connectivity index (χ2n) is 4.45. The van der Waals surface area contributed by atoms with Crippen LogP contribution in [0.1, 0.15) is 18.4 Å². The van der Waals surface area contributed by atoms with Gasteiger partial charge in [0.2, 0.25) is 0 Å². The minimum atomic E-state index is -1.04. The first-order chi connectivity index (χ1) is 9.49. The molecule has 0 aliphatic carbocycles. The number of aliphatic carboxylic acids is 1. The highest BCUT2D eigenvalue weighted by Crippen LogP contribution is 2.16. The first-order valence-corrected chi connectivity index (χ1v) is 6.06. The second-order valence-corrected chi connectivity index (χ2v) is 4.45. The maximum Gasteiger partial charge on any atom is 0.325 e. The number of hydrogen-bond donors (Lipinski definition) is 2. The number of amides is 3. The van der Waals surface area contributed by atoms with Crippen LogP contribution in [0.4, 0.5) is 9.18 Å². The summed E-state index contributed by atoms with van der Waals surface area (Å²) in [4.78, 5) is 35.0. The zero-order valence-corrected chi connectivity index (χ0v) is 10.5. The Morgan fingerprint density at radius 3 is 2.70 bits per heavy atom. The van der Waals surface area contributed by atoms with Crippen molar-refractivity contribution >= 4 is 17.9 Å². The maximum absolute atomic E-state index is 13.5. The van der Waals surface area contributed by atoms with E-state index in [1.165, 1.54) is 18.2 Å². The SMILES string of the molecule is O=C(O)CCC1NC(=O)N(Cc2ccccc2F)C1=O. The number of benzene rings is 1. The molecule has 7 heteroatoms. The number of halogens is 1. The van der Waals surface area contributed by atoms with Crippen molar-refractivity contribution in [2.24, 2.45) is 0 Å². The van der Waals surface area contributed by atoms with Crippen LogP contribution in [-0.2, 0) is 16.1 Å². The van der Waals surface area contributed by atoms with E-state index in [0.717, 1.165) is 4.90 Å². The number of imide groups is 1. The van der Waals surface area contributed by atoms with Gasteiger partial charge in [0.15, 0.2) is 0 Å². The van der Waals surface area contributed by atoms with Gasteiger partial charge in [0.1, 0.15) is 11.9 Å². The maximum atomic E-state index is 13.5. The van der Waals surface area contributed by atoms with Crippen molar-refractivity contribution in [3.05, 3.63) is 35.6 Å². The largest absolute Gasteiger partial charge is 0.481 e. The van der Waals surface area contributed by atoms with Crippen molar-refractivity contribution in [1.29, 1.82) is 0 Å². The van der Waals surface area contributed by atoms with Crippen molar-refractivity contribution in [3.63, 3.8) is 0 Å². The normalized spacial score (nSPS) is 18.2. The highest BCUT2D eigenvalue weighted by molar-refractivity contribution is 6.04. The third-order valence-corrected chi connectivity index (χ3v) is 3.04. The molecule has 0 spiro atoms. The fourth-order valence-electron chi connectivity index (χ4n) is 1.99. The molecule has 1 fully saturated rings. The zero-order valence-electron chi connectivity index (χ0n) is 10.5. The standard InChI is InChI=1S/C13H13FN2O4/c14-9-4-2-1-3-8(9)7-16-12(19)10(15-13(16)20)5-6-11(17)18/h1-4,10H,5-7H2,(H,15,20)(H,17,18). The Morgan fingerprint density at radius 2 is 2.05 bits per heavy atom. The van der Waals surface area contributed by atoms with Gasteiger partial charge in [-0.05, 0) is 12.5 Å². The number of rotatable bonds is 5. The summed E-state index contributed by atoms with van der Waals surface area (Å²) < 4.78 is 13.5. The molecule has 1 aliphatic rings. The van der Waals surface area contributed by atoms with E-state index in [1.54, 1.807) is 6.07 Å². The third kappa shape index (κ3) is 2.93. The zero-order chi connectivity index (χ0) is 14.7. The highest BCUT2D eigenvalue weighted by Gasteiger charge is 2.38. The molecule has 2 N–H and O–H groups in total. The summed E-state index contributed by atoms with van der Waals surface area (Å²) >= 11 is 0. The number of carbonyl (C=O) groups excluding carboxylic acids is 2. The molecular formula is C13H13FN2O4. The minimum Gasteiger partial charge on any atom is -0.481 e. The number of nitrogens with zero attached hydrogens (tertiary/aromatic N) is 1. The molecule has 1 aromatic carbocycles. The Kier molecular flexibility index (Phi) is 3.97. The second kappa shape index (κ2) is 5.68. The molecule has 1 aromatic rings. The van der Waals surface area contributed by atoms with Crippen LogP contribution in [0.15, 0.2) is 24.3 Å². The van der Waals surface area contributed by atoms with E-state index in [2.05, 4.69) is 5.32 Å². The van der Waals surface area contributed by atoms with Gasteiger partial charge < -0.3 is 10.4 Å². The smallest absolute Gasteiger partial charge is 0.325 e. The lowest BCUT2D eigenvalue weighted by molar-refractivity contribution is -0.137. The molecule has 106 valence electrons. The van der Waals surface area contributed by atoms with Gasteiger partial charge >= 0.3 is 12.0 Å². The molecule has 0 saturated carbocycles. The van der Waals surface area contributed by atoms with Crippen LogP contribution in [0.3, 0.4) is 0 Å². The number of nitrogens with one attached hydrogen (secondary N) is 1. The molecular weight excluding hydrogens is 267 g/mol. The van der Waals surface area contributed by atoms with Crippen molar-refractivity contribution < 1.29 is 23.9 Å². The molecule has 1 saturated heterocycles. The van der Waals surface area contributed by atoms with E-state index in [1.807, 2.05) is 0 Å². The predicted octanol–water partition coefficient (Wildman–Crippen LogP) is 1.11. The minimum absolute atomic E-state index is 0.0215. The Labute approximate surface area is 114 Å². The van der Waals surface area contributed by atoms with Crippen LogP contribution >= 0.6 is 0 Å². The molecule has 0 aromatic heterocycles. The van der Waals surface area contributed by atoms with E-state index < -0.39 is 29.8 Å². The highest BCUT2D eigenvalue weighted by atomic mass is 19.1. The Hall–Kier alpha value is -2.44. The molecule has 1 atom stereocenters. The number of urea groups is 1. The number of hydrogen-bond acceptors (Lipinski definition) is 3. The molecule has 3 amide bonds. The number of carboxylic acid groups (broad SMARTS) is 1. The van der Waals surface area contributed by atoms with E-state index in [4.69, 9.17) is 5.11 Å². The Morgan fingerprint density at radius 1 is 1.35 bits per heavy atom. The van der Waals surface area contributed by atoms with Gasteiger partial charge in [-0.15, -0.1) is 0 Å². The lowest BCUT2D eigenvalue weighted by Crippen LogP contribution is -2.31. The topological polar surface area (TPSA) is 86.7 Å². The van der Waals surface area contributed by atoms with Crippen LogP contribution in [0.25, 0.3) is 0 Å². The van der Waals surface area contributed by atoms with Crippen molar-refractivity contribution in [1.82, 2.24) is 10.2 Å². The third-order valence-electron chi connectivity index (χ3n) is 3.04. The van der Waals surface area contributed by atoms with Crippen molar-refractivity contribution in [3.8, 4) is 0 Å². The van der Waals surface area contributed by atoms with Crippen LogP contribution in [0.5, 0.6) is 0 Å². The van der Waals surface area contributed by atoms with E-state index in [9.17, 15) is 18.8 Å². The van der Waals surface area contributed by atoms with Crippen LogP contribution in [-0.4, -0.2) is 34.0 Å². The van der Waals surface area contributed by atoms with E-state index >= 15 is 0 Å². The van der Waals surface area contributed by atoms with Gasteiger partial charge in [-0.2, -0.15) is 0 Å². The Bertz CT molecular complexity index is 561. The van der Waals surface area contributed by atoms with Crippen LogP contribution in [0, 0.1) is 5.82 Å². The first-order valence-electron chi connectivity index (χ1n) is 6.06. The van der Waals surface area contributed by atoms with Crippen molar-refractivity contribution in [2.45, 2.75) is 25.4 Å². The quantitative estimate of drug-likeness (QED) is 0.791. The first kappa shape index (κ1) is 14.0. The monoisotopic (exact) mass is 280 g/mol. The summed E-state index contributed by atoms with van der Waals surface area (Å²) in [6.45, 7) is -0.166. The summed E-state index contributed by atoms with van der Waals surface area (Å²) in [5, 5.41) is 11.0. The number of carbonyl (C=O) groups is 3. The molecule has 1 unspecified atom stereocenters. The fourth-order valence-corrected chi connectivity index (χ4v) is 1.99. The lowest BCUT2D eigenvalue weighted by Gasteiger charge is -2.13. The average molecular weight is 280 g/mol. The number of carboxylic acids is 1. The molecule has 0 bridgehead atoms. The molecule has 6 nitrogen and oxygen atoms in total. The molecule has 2 rings (SSSR count). The van der Waals surface area contributed by atoms with Gasteiger partial charge in [-0.3, -0.25) is 14.5 Å². The molecule has 1 heterocycles. The Balaban J connectivity index is 2.06. The van der Waals surface area contributed by atoms with E-state index in [-0.39, 0.29) is 24.9 Å². The lowest BCUT2D eigenvalue weighted by atomic mass is 10.1. The summed E-state index contributed by atoms with van der Waals surface area (Å²) in [6, 6.07) is 4.37. The summed E-state index contributed by atoms with van der Waals surface area (Å²) in [7, 11) is 0. The average Bonchev–Trinajstić information content (AvgIpc) is 2.66. The van der Waals surface area contributed by atoms with Crippen LogP contribution < -0.4 is 5.32 Å². The van der Waals surface area contributed by atoms with E-state index in [0.29, 0.717) is 0 Å². The summed E-state index contributed by atoms with van der Waals surface area (Å²) in [5.41, 5.74) is 0.231. The van der Waals surface area contributed by atoms with Gasteiger partial charge in [-0.25, -0.2) is 9.18 Å². The fraction of sp³-hybridized carbons (Fsp3) is 0.308.